The molecule has 2 nitrogen and oxygen atoms in total. The zero-order valence-corrected chi connectivity index (χ0v) is 30.8. The minimum absolute atomic E-state index is 0.666. The molecular formula is C54H30N2. The fourth-order valence-electron chi connectivity index (χ4n) is 10.3. The smallest absolute Gasteiger partial charge is 0.0991 e. The summed E-state index contributed by atoms with van der Waals surface area (Å²) in [5.41, 5.74) is 17.8. The maximum atomic E-state index is 10.1. The average Bonchev–Trinajstić information content (AvgIpc) is 3.72. The summed E-state index contributed by atoms with van der Waals surface area (Å²) in [5, 5.41) is 32.4. The highest BCUT2D eigenvalue weighted by Gasteiger charge is 2.30. The molecule has 0 saturated heterocycles. The fraction of sp³-hybridized carbons (Fsp3) is 0.0370. The minimum Gasteiger partial charge on any atom is -0.192 e. The van der Waals surface area contributed by atoms with Crippen molar-refractivity contribution in [1.82, 2.24) is 0 Å². The minimum atomic E-state index is 0.666. The SMILES string of the molecule is Cc1cc(C#N)cc(-c2c3c(cc4c2ccc2c5cc6c(c(-c7cc(C)cc(C#N)c7)c5ccc42)-c2cccc4cccc-6c24)-c2cccc4cccc-3c24)c1. The summed E-state index contributed by atoms with van der Waals surface area (Å²) in [5.74, 6) is 0. The lowest BCUT2D eigenvalue weighted by atomic mass is 9.83. The van der Waals surface area contributed by atoms with E-state index in [0.29, 0.717) is 11.1 Å². The van der Waals surface area contributed by atoms with Crippen molar-refractivity contribution in [2.75, 3.05) is 0 Å². The number of rotatable bonds is 2. The molecule has 0 heterocycles. The first-order valence-electron chi connectivity index (χ1n) is 19.1. The molecule has 0 atom stereocenters. The number of aryl methyl sites for hydroxylation is 2. The van der Waals surface area contributed by atoms with E-state index in [2.05, 4.69) is 159 Å². The Balaban J connectivity index is 1.24. The van der Waals surface area contributed by atoms with Gasteiger partial charge in [-0.3, -0.25) is 0 Å². The Morgan fingerprint density at radius 3 is 1.14 bits per heavy atom. The predicted molar refractivity (Wildman–Crippen MR) is 233 cm³/mol. The topological polar surface area (TPSA) is 47.6 Å². The van der Waals surface area contributed by atoms with Crippen LogP contribution in [0.15, 0.2) is 146 Å². The van der Waals surface area contributed by atoms with Crippen LogP contribution in [0.25, 0.3) is 121 Å². The lowest BCUT2D eigenvalue weighted by Gasteiger charge is -2.20. The van der Waals surface area contributed by atoms with Gasteiger partial charge in [0.25, 0.3) is 0 Å². The summed E-state index contributed by atoms with van der Waals surface area (Å²) >= 11 is 0. The summed E-state index contributed by atoms with van der Waals surface area (Å²) in [6.45, 7) is 4.16. The Morgan fingerprint density at radius 2 is 0.732 bits per heavy atom. The molecule has 2 aliphatic rings. The average molecular weight is 707 g/mol. The van der Waals surface area contributed by atoms with Crippen molar-refractivity contribution in [3.8, 4) is 78.9 Å². The molecule has 10 aromatic carbocycles. The summed E-state index contributed by atoms with van der Waals surface area (Å²) in [6, 6.07) is 58.0. The van der Waals surface area contributed by atoms with Crippen LogP contribution in [0.5, 0.6) is 0 Å². The largest absolute Gasteiger partial charge is 0.192 e. The van der Waals surface area contributed by atoms with Crippen LogP contribution in [0.4, 0.5) is 0 Å². The van der Waals surface area contributed by atoms with Crippen LogP contribution in [-0.2, 0) is 0 Å². The number of benzene rings is 10. The van der Waals surface area contributed by atoms with Gasteiger partial charge in [-0.15, -0.1) is 0 Å². The highest BCUT2D eigenvalue weighted by atomic mass is 14.3. The third kappa shape index (κ3) is 4.03. The molecule has 0 radical (unpaired) electrons. The molecule has 0 spiro atoms. The number of hydrogen-bond donors (Lipinski definition) is 0. The van der Waals surface area contributed by atoms with E-state index >= 15 is 0 Å². The molecule has 0 saturated carbocycles. The van der Waals surface area contributed by atoms with Crippen molar-refractivity contribution in [2.45, 2.75) is 13.8 Å². The molecular weight excluding hydrogens is 677 g/mol. The summed E-state index contributed by atoms with van der Waals surface area (Å²) in [4.78, 5) is 0. The first kappa shape index (κ1) is 30.9. The van der Waals surface area contributed by atoms with Gasteiger partial charge in [0.2, 0.25) is 0 Å². The van der Waals surface area contributed by atoms with Crippen molar-refractivity contribution in [1.29, 1.82) is 10.5 Å². The first-order chi connectivity index (χ1) is 27.5. The van der Waals surface area contributed by atoms with Crippen LogP contribution in [0.3, 0.4) is 0 Å². The summed E-state index contributed by atoms with van der Waals surface area (Å²) in [7, 11) is 0. The molecule has 0 fully saturated rings. The fourth-order valence-corrected chi connectivity index (χ4v) is 10.3. The number of nitriles is 2. The van der Waals surface area contributed by atoms with Crippen molar-refractivity contribution in [3.63, 3.8) is 0 Å². The van der Waals surface area contributed by atoms with E-state index in [-0.39, 0.29) is 0 Å². The monoisotopic (exact) mass is 706 g/mol. The summed E-state index contributed by atoms with van der Waals surface area (Å²) < 4.78 is 0. The van der Waals surface area contributed by atoms with Crippen LogP contribution >= 0.6 is 0 Å². The zero-order chi connectivity index (χ0) is 37.4. The molecule has 2 aliphatic carbocycles. The maximum absolute atomic E-state index is 10.1. The Morgan fingerprint density at radius 1 is 0.339 bits per heavy atom. The van der Waals surface area contributed by atoms with Gasteiger partial charge in [-0.05, 0) is 182 Å². The molecule has 0 N–H and O–H groups in total. The predicted octanol–water partition coefficient (Wildman–Crippen LogP) is 14.4. The number of hydrogen-bond acceptors (Lipinski definition) is 2. The molecule has 56 heavy (non-hydrogen) atoms. The van der Waals surface area contributed by atoms with Crippen molar-refractivity contribution >= 4 is 53.9 Å². The normalized spacial score (nSPS) is 12.1. The zero-order valence-electron chi connectivity index (χ0n) is 30.8. The molecule has 12 rings (SSSR count). The van der Waals surface area contributed by atoms with Crippen LogP contribution in [0.2, 0.25) is 0 Å². The molecule has 256 valence electrons. The van der Waals surface area contributed by atoms with Crippen molar-refractivity contribution in [3.05, 3.63) is 168 Å². The number of nitrogens with zero attached hydrogens (tertiary/aromatic N) is 2. The standard InChI is InChI=1S/C54H30N2/c1-29-19-31(27-55)23-35(21-29)51-41-17-15-38-37(45(41)25-47-39-11-3-7-33-9-5-13-43(49(33)39)53(47)51)16-18-42-46(38)26-48-40-12-4-8-34-10-6-14-44(50(34)40)54(48)52(42)36-22-30(2)20-32(24-36)28-56/h3-26H,1-2H3. The van der Waals surface area contributed by atoms with Crippen LogP contribution in [-0.4, -0.2) is 0 Å². The molecule has 10 aromatic rings. The molecule has 0 amide bonds. The van der Waals surface area contributed by atoms with Gasteiger partial charge in [-0.1, -0.05) is 109 Å². The van der Waals surface area contributed by atoms with Crippen molar-refractivity contribution < 1.29 is 0 Å². The lowest BCUT2D eigenvalue weighted by Crippen LogP contribution is -1.93. The quantitative estimate of drug-likeness (QED) is 0.168. The van der Waals surface area contributed by atoms with Gasteiger partial charge in [0, 0.05) is 0 Å². The highest BCUT2D eigenvalue weighted by Crippen LogP contribution is 2.57. The van der Waals surface area contributed by atoms with Gasteiger partial charge in [-0.25, -0.2) is 0 Å². The van der Waals surface area contributed by atoms with Gasteiger partial charge in [-0.2, -0.15) is 10.5 Å². The number of fused-ring (bicyclic) bond motifs is 11. The third-order valence-electron chi connectivity index (χ3n) is 12.4. The van der Waals surface area contributed by atoms with E-state index in [9.17, 15) is 10.5 Å². The lowest BCUT2D eigenvalue weighted by molar-refractivity contribution is 1.42. The third-order valence-corrected chi connectivity index (χ3v) is 12.4. The van der Waals surface area contributed by atoms with Gasteiger partial charge in [0.1, 0.15) is 0 Å². The summed E-state index contributed by atoms with van der Waals surface area (Å²) in [6.07, 6.45) is 0. The van der Waals surface area contributed by atoms with E-state index in [1.165, 1.54) is 109 Å². The Labute approximate surface area is 323 Å². The van der Waals surface area contributed by atoms with Crippen LogP contribution in [0.1, 0.15) is 22.3 Å². The molecule has 0 unspecified atom stereocenters. The van der Waals surface area contributed by atoms with Gasteiger partial charge < -0.3 is 0 Å². The second-order valence-electron chi connectivity index (χ2n) is 15.6. The molecule has 0 aromatic heterocycles. The van der Waals surface area contributed by atoms with Gasteiger partial charge in [0.05, 0.1) is 23.3 Å². The van der Waals surface area contributed by atoms with E-state index in [4.69, 9.17) is 0 Å². The van der Waals surface area contributed by atoms with Gasteiger partial charge >= 0.3 is 0 Å². The van der Waals surface area contributed by atoms with E-state index < -0.39 is 0 Å². The Bertz CT molecular complexity index is 3320. The van der Waals surface area contributed by atoms with Crippen molar-refractivity contribution in [2.24, 2.45) is 0 Å². The molecule has 0 bridgehead atoms. The van der Waals surface area contributed by atoms with E-state index in [1.807, 2.05) is 12.1 Å². The second kappa shape index (κ2) is 11.0. The van der Waals surface area contributed by atoms with E-state index in [1.54, 1.807) is 0 Å². The van der Waals surface area contributed by atoms with Crippen LogP contribution < -0.4 is 0 Å². The molecule has 2 heteroatoms. The highest BCUT2D eigenvalue weighted by molar-refractivity contribution is 6.30. The van der Waals surface area contributed by atoms with E-state index in [0.717, 1.165) is 22.3 Å². The molecule has 0 aliphatic heterocycles. The first-order valence-corrected chi connectivity index (χ1v) is 19.1. The second-order valence-corrected chi connectivity index (χ2v) is 15.6. The van der Waals surface area contributed by atoms with Crippen LogP contribution in [0, 0.1) is 36.5 Å². The van der Waals surface area contributed by atoms with Gasteiger partial charge in [0.15, 0.2) is 0 Å². The Hall–Kier alpha value is -7.52. The Kier molecular flexibility index (Phi) is 6.08. The maximum Gasteiger partial charge on any atom is 0.0991 e.